The summed E-state index contributed by atoms with van der Waals surface area (Å²) >= 11 is 0. The molecule has 0 spiro atoms. The second-order valence-corrected chi connectivity index (χ2v) is 5.29. The van der Waals surface area contributed by atoms with Crippen LogP contribution in [0.3, 0.4) is 0 Å². The normalized spacial score (nSPS) is 14.6. The quantitative estimate of drug-likeness (QED) is 0.743. The molecule has 0 N–H and O–H groups in total. The Morgan fingerprint density at radius 1 is 1.05 bits per heavy atom. The molecule has 0 aliphatic carbocycles. The Morgan fingerprint density at radius 2 is 1.45 bits per heavy atom. The third kappa shape index (κ3) is 6.63. The van der Waals surface area contributed by atoms with Gasteiger partial charge in [0.2, 0.25) is 0 Å². The van der Waals surface area contributed by atoms with E-state index in [1.807, 2.05) is 13.8 Å². The van der Waals surface area contributed by atoms with Gasteiger partial charge in [0.05, 0.1) is 6.10 Å². The molecule has 0 unspecified atom stereocenters. The molecule has 0 radical (unpaired) electrons. The summed E-state index contributed by atoms with van der Waals surface area (Å²) in [5.41, 5.74) is 0. The average molecular weight is 287 g/mol. The van der Waals surface area contributed by atoms with Crippen molar-refractivity contribution in [3.63, 3.8) is 0 Å². The van der Waals surface area contributed by atoms with Crippen molar-refractivity contribution < 1.29 is 14.3 Å². The van der Waals surface area contributed by atoms with Crippen LogP contribution in [-0.2, 0) is 4.74 Å². The maximum Gasteiger partial charge on any atom is 0.410 e. The van der Waals surface area contributed by atoms with E-state index in [0.717, 1.165) is 0 Å². The summed E-state index contributed by atoms with van der Waals surface area (Å²) in [5, 5.41) is 0. The molecule has 1 aliphatic heterocycles. The topological polar surface area (TPSA) is 53.1 Å². The van der Waals surface area contributed by atoms with Crippen molar-refractivity contribution in [2.45, 2.75) is 40.2 Å². The molecule has 1 heterocycles. The number of amides is 3. The van der Waals surface area contributed by atoms with Gasteiger partial charge >= 0.3 is 12.1 Å². The van der Waals surface area contributed by atoms with Crippen LogP contribution in [0.4, 0.5) is 9.59 Å². The van der Waals surface area contributed by atoms with Crippen molar-refractivity contribution in [1.29, 1.82) is 0 Å². The van der Waals surface area contributed by atoms with Crippen molar-refractivity contribution in [1.82, 2.24) is 14.7 Å². The SMILES string of the molecule is CC(C)OC(=O)N1CCN(C(=O)N(C)C)CC1.CCC. The van der Waals surface area contributed by atoms with E-state index in [-0.39, 0.29) is 18.2 Å². The molecule has 0 aromatic carbocycles. The molecule has 0 bridgehead atoms. The largest absolute Gasteiger partial charge is 0.447 e. The Kier molecular flexibility index (Phi) is 8.76. The molecule has 1 rings (SSSR count). The zero-order chi connectivity index (χ0) is 15.7. The molecule has 20 heavy (non-hydrogen) atoms. The summed E-state index contributed by atoms with van der Waals surface area (Å²) in [6.07, 6.45) is 0.848. The molecule has 0 saturated carbocycles. The molecular formula is C14H29N3O3. The predicted molar refractivity (Wildman–Crippen MR) is 79.8 cm³/mol. The summed E-state index contributed by atoms with van der Waals surface area (Å²) in [7, 11) is 3.45. The maximum atomic E-state index is 11.7. The number of rotatable bonds is 1. The number of hydrogen-bond acceptors (Lipinski definition) is 3. The van der Waals surface area contributed by atoms with Crippen molar-refractivity contribution in [3.8, 4) is 0 Å². The van der Waals surface area contributed by atoms with Gasteiger partial charge in [0.25, 0.3) is 0 Å². The lowest BCUT2D eigenvalue weighted by Gasteiger charge is -2.35. The lowest BCUT2D eigenvalue weighted by Crippen LogP contribution is -2.53. The highest BCUT2D eigenvalue weighted by Crippen LogP contribution is 2.06. The van der Waals surface area contributed by atoms with Crippen molar-refractivity contribution in [2.24, 2.45) is 0 Å². The third-order valence-electron chi connectivity index (χ3n) is 2.53. The first-order valence-electron chi connectivity index (χ1n) is 7.25. The van der Waals surface area contributed by atoms with E-state index in [2.05, 4.69) is 13.8 Å². The fourth-order valence-electron chi connectivity index (χ4n) is 1.64. The number of carbonyl (C=O) groups is 2. The van der Waals surface area contributed by atoms with Gasteiger partial charge in [-0.05, 0) is 13.8 Å². The van der Waals surface area contributed by atoms with Crippen molar-refractivity contribution in [3.05, 3.63) is 0 Å². The maximum absolute atomic E-state index is 11.7. The lowest BCUT2D eigenvalue weighted by molar-refractivity contribution is 0.0594. The Morgan fingerprint density at radius 3 is 1.80 bits per heavy atom. The number of carbonyl (C=O) groups excluding carboxylic acids is 2. The Hall–Kier alpha value is -1.46. The average Bonchev–Trinajstić information content (AvgIpc) is 2.38. The van der Waals surface area contributed by atoms with Gasteiger partial charge in [0.1, 0.15) is 0 Å². The molecule has 1 aliphatic rings. The Balaban J connectivity index is 0.00000110. The summed E-state index contributed by atoms with van der Waals surface area (Å²) < 4.78 is 5.11. The van der Waals surface area contributed by atoms with Gasteiger partial charge in [-0.25, -0.2) is 9.59 Å². The molecule has 0 aromatic rings. The van der Waals surface area contributed by atoms with Gasteiger partial charge in [0.15, 0.2) is 0 Å². The number of nitrogens with zero attached hydrogens (tertiary/aromatic N) is 3. The summed E-state index contributed by atoms with van der Waals surface area (Å²) in [4.78, 5) is 28.2. The van der Waals surface area contributed by atoms with E-state index in [4.69, 9.17) is 4.74 Å². The fourth-order valence-corrected chi connectivity index (χ4v) is 1.64. The minimum Gasteiger partial charge on any atom is -0.447 e. The third-order valence-corrected chi connectivity index (χ3v) is 2.53. The van der Waals surface area contributed by atoms with Crippen LogP contribution in [0, 0.1) is 0 Å². The number of urea groups is 1. The van der Waals surface area contributed by atoms with E-state index >= 15 is 0 Å². The Labute approximate surface area is 122 Å². The van der Waals surface area contributed by atoms with E-state index in [1.165, 1.54) is 6.42 Å². The first kappa shape index (κ1) is 18.5. The van der Waals surface area contributed by atoms with Gasteiger partial charge in [-0.3, -0.25) is 0 Å². The van der Waals surface area contributed by atoms with Crippen LogP contribution in [0.15, 0.2) is 0 Å². The number of ether oxygens (including phenoxy) is 1. The van der Waals surface area contributed by atoms with E-state index in [0.29, 0.717) is 26.2 Å². The monoisotopic (exact) mass is 287 g/mol. The summed E-state index contributed by atoms with van der Waals surface area (Å²) in [5.74, 6) is 0. The zero-order valence-electron chi connectivity index (χ0n) is 13.7. The van der Waals surface area contributed by atoms with Crippen molar-refractivity contribution in [2.75, 3.05) is 40.3 Å². The second-order valence-electron chi connectivity index (χ2n) is 5.29. The predicted octanol–water partition coefficient (Wildman–Crippen LogP) is 2.25. The fraction of sp³-hybridized carbons (Fsp3) is 0.857. The highest BCUT2D eigenvalue weighted by Gasteiger charge is 2.25. The zero-order valence-corrected chi connectivity index (χ0v) is 13.7. The first-order chi connectivity index (χ1) is 9.33. The van der Waals surface area contributed by atoms with Crippen LogP contribution < -0.4 is 0 Å². The van der Waals surface area contributed by atoms with Crippen LogP contribution in [0.1, 0.15) is 34.1 Å². The molecule has 0 aromatic heterocycles. The first-order valence-corrected chi connectivity index (χ1v) is 7.25. The van der Waals surface area contributed by atoms with Crippen LogP contribution in [-0.4, -0.2) is 73.2 Å². The van der Waals surface area contributed by atoms with Crippen LogP contribution >= 0.6 is 0 Å². The molecule has 0 atom stereocenters. The molecule has 1 fully saturated rings. The lowest BCUT2D eigenvalue weighted by atomic mass is 10.3. The van der Waals surface area contributed by atoms with E-state index < -0.39 is 0 Å². The van der Waals surface area contributed by atoms with Crippen LogP contribution in [0.2, 0.25) is 0 Å². The van der Waals surface area contributed by atoms with Gasteiger partial charge < -0.3 is 19.4 Å². The highest BCUT2D eigenvalue weighted by molar-refractivity contribution is 5.74. The van der Waals surface area contributed by atoms with Gasteiger partial charge in [0, 0.05) is 40.3 Å². The number of hydrogen-bond donors (Lipinski definition) is 0. The minimum atomic E-state index is -0.294. The highest BCUT2D eigenvalue weighted by atomic mass is 16.6. The Bertz CT molecular complexity index is 298. The molecule has 1 saturated heterocycles. The van der Waals surface area contributed by atoms with E-state index in [1.54, 1.807) is 28.8 Å². The molecule has 118 valence electrons. The van der Waals surface area contributed by atoms with Gasteiger partial charge in [-0.2, -0.15) is 0 Å². The molecule has 6 nitrogen and oxygen atoms in total. The van der Waals surface area contributed by atoms with Gasteiger partial charge in [-0.1, -0.05) is 20.3 Å². The van der Waals surface area contributed by atoms with Crippen LogP contribution in [0.25, 0.3) is 0 Å². The molecule has 6 heteroatoms. The van der Waals surface area contributed by atoms with Gasteiger partial charge in [-0.15, -0.1) is 0 Å². The summed E-state index contributed by atoms with van der Waals surface area (Å²) in [6, 6.07) is -0.0122. The molecular weight excluding hydrogens is 258 g/mol. The van der Waals surface area contributed by atoms with E-state index in [9.17, 15) is 9.59 Å². The summed E-state index contributed by atoms with van der Waals surface area (Å²) in [6.45, 7) is 10.1. The smallest absolute Gasteiger partial charge is 0.410 e. The number of piperazine rings is 1. The second kappa shape index (κ2) is 9.44. The van der Waals surface area contributed by atoms with Crippen molar-refractivity contribution >= 4 is 12.1 Å². The van der Waals surface area contributed by atoms with Crippen LogP contribution in [0.5, 0.6) is 0 Å². The minimum absolute atomic E-state index is 0.0122. The molecule has 3 amide bonds. The standard InChI is InChI=1S/C11H21N3O3.C3H8/c1-9(2)17-11(16)14-7-5-13(6-8-14)10(15)12(3)4;1-3-2/h9H,5-8H2,1-4H3;3H2,1-2H3.